The first-order chi connectivity index (χ1) is 13.3. The molecule has 2 amide bonds. The van der Waals surface area contributed by atoms with Gasteiger partial charge >= 0.3 is 12.1 Å². The van der Waals surface area contributed by atoms with Crippen molar-refractivity contribution in [3.05, 3.63) is 30.2 Å². The molecule has 150 valence electrons. The molecule has 2 aromatic rings. The Kier molecular flexibility index (Phi) is 5.52. The van der Waals surface area contributed by atoms with E-state index in [1.54, 1.807) is 24.3 Å². The fourth-order valence-electron chi connectivity index (χ4n) is 2.92. The summed E-state index contributed by atoms with van der Waals surface area (Å²) in [5.41, 5.74) is 0.613. The second kappa shape index (κ2) is 7.87. The van der Waals surface area contributed by atoms with Gasteiger partial charge in [0.2, 0.25) is 17.7 Å². The van der Waals surface area contributed by atoms with E-state index in [0.717, 1.165) is 0 Å². The zero-order valence-corrected chi connectivity index (χ0v) is 14.8. The van der Waals surface area contributed by atoms with E-state index in [0.29, 0.717) is 22.6 Å². The van der Waals surface area contributed by atoms with Crippen LogP contribution in [0.25, 0.3) is 11.5 Å². The highest BCUT2D eigenvalue weighted by Crippen LogP contribution is 2.26. The molecule has 11 heteroatoms. The monoisotopic (exact) mass is 398 g/mol. The number of rotatable bonds is 5. The first-order valence-electron chi connectivity index (χ1n) is 8.42. The predicted molar refractivity (Wildman–Crippen MR) is 88.9 cm³/mol. The Balaban J connectivity index is 1.62. The maximum atomic E-state index is 12.6. The summed E-state index contributed by atoms with van der Waals surface area (Å²) >= 11 is 0. The van der Waals surface area contributed by atoms with Crippen molar-refractivity contribution in [3.63, 3.8) is 0 Å². The van der Waals surface area contributed by atoms with Crippen LogP contribution >= 0.6 is 0 Å². The van der Waals surface area contributed by atoms with Crippen LogP contribution in [0.2, 0.25) is 0 Å². The van der Waals surface area contributed by atoms with Gasteiger partial charge < -0.3 is 19.4 Å². The summed E-state index contributed by atoms with van der Waals surface area (Å²) in [6, 6.07) is 5.74. The summed E-state index contributed by atoms with van der Waals surface area (Å²) in [4.78, 5) is 24.2. The van der Waals surface area contributed by atoms with Gasteiger partial charge in [-0.2, -0.15) is 13.2 Å². The average molecular weight is 398 g/mol. The number of nitrogens with one attached hydrogen (secondary N) is 1. The third-order valence-corrected chi connectivity index (χ3v) is 4.26. The van der Waals surface area contributed by atoms with Gasteiger partial charge in [0, 0.05) is 12.1 Å². The van der Waals surface area contributed by atoms with Crippen molar-refractivity contribution in [3.8, 4) is 17.2 Å². The molecule has 1 aromatic heterocycles. The van der Waals surface area contributed by atoms with Gasteiger partial charge in [-0.15, -0.1) is 10.2 Å². The minimum atomic E-state index is -5.01. The van der Waals surface area contributed by atoms with E-state index >= 15 is 0 Å². The molecule has 1 aromatic carbocycles. The molecule has 0 spiro atoms. The van der Waals surface area contributed by atoms with Crippen molar-refractivity contribution in [2.45, 2.75) is 31.6 Å². The van der Waals surface area contributed by atoms with Crippen LogP contribution in [0.5, 0.6) is 5.75 Å². The Morgan fingerprint density at radius 2 is 2.14 bits per heavy atom. The number of alkyl halides is 3. The van der Waals surface area contributed by atoms with Crippen LogP contribution in [-0.4, -0.2) is 52.8 Å². The quantitative estimate of drug-likeness (QED) is 0.827. The highest BCUT2D eigenvalue weighted by Gasteiger charge is 2.47. The number of hydrogen-bond donors (Lipinski definition) is 1. The van der Waals surface area contributed by atoms with Gasteiger partial charge in [0.1, 0.15) is 11.8 Å². The maximum Gasteiger partial charge on any atom is 0.471 e. The van der Waals surface area contributed by atoms with Gasteiger partial charge in [0.15, 0.2) is 0 Å². The lowest BCUT2D eigenvalue weighted by Crippen LogP contribution is -2.50. The molecular weight excluding hydrogens is 381 g/mol. The van der Waals surface area contributed by atoms with Gasteiger partial charge in [-0.1, -0.05) is 6.07 Å². The van der Waals surface area contributed by atoms with Crippen LogP contribution in [0.3, 0.4) is 0 Å². The minimum Gasteiger partial charge on any atom is -0.497 e. The normalized spacial score (nSPS) is 16.9. The smallest absolute Gasteiger partial charge is 0.471 e. The summed E-state index contributed by atoms with van der Waals surface area (Å²) < 4.78 is 48.5. The maximum absolute atomic E-state index is 12.6. The van der Waals surface area contributed by atoms with Crippen LogP contribution in [0.1, 0.15) is 18.7 Å². The Hall–Kier alpha value is -3.11. The predicted octanol–water partition coefficient (Wildman–Crippen LogP) is 1.91. The number of methoxy groups -OCH3 is 1. The van der Waals surface area contributed by atoms with E-state index in [1.165, 1.54) is 7.11 Å². The number of benzene rings is 1. The summed E-state index contributed by atoms with van der Waals surface area (Å²) in [5, 5.41) is 10.1. The first kappa shape index (κ1) is 19.6. The van der Waals surface area contributed by atoms with Gasteiger partial charge in [0.05, 0.1) is 13.7 Å². The summed E-state index contributed by atoms with van der Waals surface area (Å²) in [7, 11) is 1.52. The van der Waals surface area contributed by atoms with Crippen LogP contribution in [0.4, 0.5) is 13.2 Å². The first-order valence-corrected chi connectivity index (χ1v) is 8.42. The number of nitrogens with zero attached hydrogens (tertiary/aromatic N) is 3. The van der Waals surface area contributed by atoms with Gasteiger partial charge in [0.25, 0.3) is 0 Å². The van der Waals surface area contributed by atoms with E-state index in [9.17, 15) is 22.8 Å². The van der Waals surface area contributed by atoms with E-state index in [-0.39, 0.29) is 31.3 Å². The molecule has 0 bridgehead atoms. The molecule has 3 rings (SSSR count). The fraction of sp³-hybridized carbons (Fsp3) is 0.412. The lowest BCUT2D eigenvalue weighted by atomic mass is 10.2. The Morgan fingerprint density at radius 3 is 2.86 bits per heavy atom. The second-order valence-electron chi connectivity index (χ2n) is 6.11. The summed E-state index contributed by atoms with van der Waals surface area (Å²) in [6.45, 7) is -0.280. The van der Waals surface area contributed by atoms with Crippen LogP contribution in [-0.2, 0) is 16.1 Å². The van der Waals surface area contributed by atoms with Gasteiger partial charge in [-0.3, -0.25) is 9.59 Å². The standard InChI is InChI=1S/C17H17F3N4O4/c1-27-11-5-2-4-10(8-11)15-23-22-13(28-15)9-21-14(25)12-6-3-7-24(12)16(26)17(18,19)20/h2,4-5,8,12H,3,6-7,9H2,1H3,(H,21,25). The topological polar surface area (TPSA) is 97.6 Å². The number of ether oxygens (including phenoxy) is 1. The van der Waals surface area contributed by atoms with Crippen molar-refractivity contribution < 1.29 is 31.9 Å². The van der Waals surface area contributed by atoms with Crippen molar-refractivity contribution in [2.75, 3.05) is 13.7 Å². The number of hydrogen-bond acceptors (Lipinski definition) is 6. The van der Waals surface area contributed by atoms with E-state index in [1.807, 2.05) is 0 Å². The Labute approximate surface area is 157 Å². The number of likely N-dealkylation sites (tertiary alicyclic amines) is 1. The van der Waals surface area contributed by atoms with Crippen molar-refractivity contribution >= 4 is 11.8 Å². The van der Waals surface area contributed by atoms with Crippen molar-refractivity contribution in [1.82, 2.24) is 20.4 Å². The number of halogens is 3. The number of carbonyl (C=O) groups is 2. The van der Waals surface area contributed by atoms with Crippen molar-refractivity contribution in [1.29, 1.82) is 0 Å². The highest BCUT2D eigenvalue weighted by atomic mass is 19.4. The molecule has 1 aliphatic heterocycles. The van der Waals surface area contributed by atoms with Gasteiger partial charge in [-0.25, -0.2) is 0 Å². The molecule has 8 nitrogen and oxygen atoms in total. The molecule has 0 aliphatic carbocycles. The number of carbonyl (C=O) groups excluding carboxylic acids is 2. The molecule has 1 saturated heterocycles. The largest absolute Gasteiger partial charge is 0.497 e. The number of aromatic nitrogens is 2. The molecule has 2 heterocycles. The summed E-state index contributed by atoms with van der Waals surface area (Å²) in [6.07, 6.45) is -4.53. The molecular formula is C17H17F3N4O4. The van der Waals surface area contributed by atoms with E-state index < -0.39 is 24.0 Å². The van der Waals surface area contributed by atoms with Crippen LogP contribution < -0.4 is 10.1 Å². The third kappa shape index (κ3) is 4.24. The second-order valence-corrected chi connectivity index (χ2v) is 6.11. The molecule has 1 N–H and O–H groups in total. The number of amides is 2. The van der Waals surface area contributed by atoms with Crippen LogP contribution in [0.15, 0.2) is 28.7 Å². The third-order valence-electron chi connectivity index (χ3n) is 4.26. The molecule has 1 unspecified atom stereocenters. The lowest BCUT2D eigenvalue weighted by molar-refractivity contribution is -0.186. The SMILES string of the molecule is COc1cccc(-c2nnc(CNC(=O)C3CCCN3C(=O)C(F)(F)F)o2)c1. The molecule has 0 radical (unpaired) electrons. The average Bonchev–Trinajstić information content (AvgIpc) is 3.34. The van der Waals surface area contributed by atoms with Crippen LogP contribution in [0, 0.1) is 0 Å². The molecule has 1 aliphatic rings. The minimum absolute atomic E-state index is 0.0814. The highest BCUT2D eigenvalue weighted by molar-refractivity contribution is 5.90. The molecule has 1 fully saturated rings. The fourth-order valence-corrected chi connectivity index (χ4v) is 2.92. The van der Waals surface area contributed by atoms with Crippen molar-refractivity contribution in [2.24, 2.45) is 0 Å². The zero-order chi connectivity index (χ0) is 20.3. The lowest BCUT2D eigenvalue weighted by Gasteiger charge is -2.24. The van der Waals surface area contributed by atoms with E-state index in [4.69, 9.17) is 9.15 Å². The van der Waals surface area contributed by atoms with Gasteiger partial charge in [-0.05, 0) is 31.0 Å². The Bertz CT molecular complexity index is 868. The Morgan fingerprint density at radius 1 is 1.36 bits per heavy atom. The molecule has 28 heavy (non-hydrogen) atoms. The molecule has 1 atom stereocenters. The van der Waals surface area contributed by atoms with E-state index in [2.05, 4.69) is 15.5 Å². The molecule has 0 saturated carbocycles. The summed E-state index contributed by atoms with van der Waals surface area (Å²) in [5.74, 6) is -1.82. The zero-order valence-electron chi connectivity index (χ0n) is 14.8.